The fraction of sp³-hybridized carbons (Fsp3) is 0.500. The van der Waals surface area contributed by atoms with Gasteiger partial charge >= 0.3 is 0 Å². The van der Waals surface area contributed by atoms with Gasteiger partial charge in [0.1, 0.15) is 5.52 Å². The smallest absolute Gasteiger partial charge is 0.156 e. The van der Waals surface area contributed by atoms with Gasteiger partial charge in [-0.3, -0.25) is 4.98 Å². The molecule has 0 unspecified atom stereocenters. The Morgan fingerprint density at radius 2 is 2.12 bits per heavy atom. The predicted octanol–water partition coefficient (Wildman–Crippen LogP) is 1.38. The second-order valence-corrected chi connectivity index (χ2v) is 4.70. The first-order chi connectivity index (χ1) is 7.75. The summed E-state index contributed by atoms with van der Waals surface area (Å²) in [6.07, 6.45) is 6.92. The minimum atomic E-state index is 0.633. The first-order valence-corrected chi connectivity index (χ1v) is 5.72. The molecule has 1 aliphatic carbocycles. The van der Waals surface area contributed by atoms with Crippen LogP contribution in [0.3, 0.4) is 0 Å². The van der Waals surface area contributed by atoms with E-state index >= 15 is 0 Å². The maximum Gasteiger partial charge on any atom is 0.156 e. The zero-order valence-corrected chi connectivity index (χ0v) is 9.70. The number of fused-ring (bicyclic) bond motifs is 3. The predicted molar refractivity (Wildman–Crippen MR) is 63.4 cm³/mol. The second-order valence-electron chi connectivity index (χ2n) is 4.70. The van der Waals surface area contributed by atoms with Crippen LogP contribution in [0.15, 0.2) is 12.4 Å². The van der Waals surface area contributed by atoms with Crippen LogP contribution in [0.1, 0.15) is 17.7 Å². The normalized spacial score (nSPS) is 20.3. The van der Waals surface area contributed by atoms with Gasteiger partial charge in [0.15, 0.2) is 5.65 Å². The maximum absolute atomic E-state index is 4.44. The van der Waals surface area contributed by atoms with Crippen molar-refractivity contribution in [1.82, 2.24) is 19.9 Å². The van der Waals surface area contributed by atoms with E-state index in [9.17, 15) is 0 Å². The van der Waals surface area contributed by atoms with E-state index in [4.69, 9.17) is 0 Å². The lowest BCUT2D eigenvalue weighted by Crippen LogP contribution is -2.33. The molecule has 1 atom stereocenters. The van der Waals surface area contributed by atoms with Crippen molar-refractivity contribution >= 4 is 11.2 Å². The Morgan fingerprint density at radius 1 is 1.31 bits per heavy atom. The highest BCUT2D eigenvalue weighted by Crippen LogP contribution is 2.28. The van der Waals surface area contributed by atoms with E-state index in [0.29, 0.717) is 6.04 Å². The molecule has 16 heavy (non-hydrogen) atoms. The number of hydrogen-bond donors (Lipinski definition) is 1. The first-order valence-electron chi connectivity index (χ1n) is 5.72. The topological polar surface area (TPSA) is 44.8 Å². The zero-order chi connectivity index (χ0) is 11.1. The van der Waals surface area contributed by atoms with E-state index in [1.807, 2.05) is 0 Å². The number of nitrogens with zero attached hydrogens (tertiary/aromatic N) is 3. The van der Waals surface area contributed by atoms with Gasteiger partial charge in [-0.05, 0) is 33.4 Å². The van der Waals surface area contributed by atoms with Gasteiger partial charge in [0.05, 0.1) is 0 Å². The number of H-pyrrole nitrogens is 1. The van der Waals surface area contributed by atoms with Crippen LogP contribution in [-0.2, 0) is 12.8 Å². The number of aromatic amines is 1. The Balaban J connectivity index is 2.08. The molecule has 0 fully saturated rings. The molecule has 0 aliphatic heterocycles. The lowest BCUT2D eigenvalue weighted by molar-refractivity contribution is 0.268. The van der Waals surface area contributed by atoms with Crippen LogP contribution < -0.4 is 0 Å². The monoisotopic (exact) mass is 216 g/mol. The van der Waals surface area contributed by atoms with Crippen molar-refractivity contribution in [3.05, 3.63) is 23.7 Å². The Kier molecular flexibility index (Phi) is 2.17. The van der Waals surface area contributed by atoms with E-state index in [2.05, 4.69) is 33.9 Å². The molecule has 4 nitrogen and oxygen atoms in total. The van der Waals surface area contributed by atoms with Crippen molar-refractivity contribution in [2.24, 2.45) is 0 Å². The molecule has 84 valence electrons. The van der Waals surface area contributed by atoms with Gasteiger partial charge in [0, 0.05) is 29.7 Å². The Bertz CT molecular complexity index is 515. The van der Waals surface area contributed by atoms with E-state index in [1.54, 1.807) is 12.4 Å². The number of rotatable bonds is 1. The standard InChI is InChI=1S/C12H16N4/c1-16(2)8-3-4-10-9(7-8)11-12(15-10)14-6-5-13-11/h5-6,8H,3-4,7H2,1-2H3,(H,14,15)/t8-/m0/s1. The molecule has 0 radical (unpaired) electrons. The van der Waals surface area contributed by atoms with Crippen LogP contribution in [0.4, 0.5) is 0 Å². The zero-order valence-electron chi connectivity index (χ0n) is 9.70. The average molecular weight is 216 g/mol. The van der Waals surface area contributed by atoms with Gasteiger partial charge in [-0.25, -0.2) is 4.98 Å². The number of aromatic nitrogens is 3. The molecule has 2 aromatic rings. The van der Waals surface area contributed by atoms with Crippen molar-refractivity contribution in [3.8, 4) is 0 Å². The molecule has 0 saturated carbocycles. The third-order valence-electron chi connectivity index (χ3n) is 3.52. The molecule has 4 heteroatoms. The molecule has 0 amide bonds. The second kappa shape index (κ2) is 3.56. The summed E-state index contributed by atoms with van der Waals surface area (Å²) in [6, 6.07) is 0.633. The summed E-state index contributed by atoms with van der Waals surface area (Å²) in [6.45, 7) is 0. The van der Waals surface area contributed by atoms with E-state index in [-0.39, 0.29) is 0 Å². The number of aryl methyl sites for hydroxylation is 1. The Hall–Kier alpha value is -1.42. The summed E-state index contributed by atoms with van der Waals surface area (Å²) in [5.41, 5.74) is 4.70. The molecule has 0 spiro atoms. The van der Waals surface area contributed by atoms with Crippen molar-refractivity contribution in [1.29, 1.82) is 0 Å². The molecular weight excluding hydrogens is 200 g/mol. The van der Waals surface area contributed by atoms with Crippen LogP contribution >= 0.6 is 0 Å². The van der Waals surface area contributed by atoms with Gasteiger partial charge in [0.2, 0.25) is 0 Å². The molecule has 0 bridgehead atoms. The largest absolute Gasteiger partial charge is 0.342 e. The van der Waals surface area contributed by atoms with Crippen molar-refractivity contribution < 1.29 is 0 Å². The summed E-state index contributed by atoms with van der Waals surface area (Å²) in [5.74, 6) is 0. The van der Waals surface area contributed by atoms with E-state index in [0.717, 1.165) is 24.0 Å². The van der Waals surface area contributed by atoms with Crippen molar-refractivity contribution in [2.75, 3.05) is 14.1 Å². The molecule has 1 aliphatic rings. The highest BCUT2D eigenvalue weighted by molar-refractivity contribution is 5.77. The van der Waals surface area contributed by atoms with Gasteiger partial charge in [-0.2, -0.15) is 0 Å². The van der Waals surface area contributed by atoms with Crippen LogP contribution in [0, 0.1) is 0 Å². The molecule has 1 N–H and O–H groups in total. The molecule has 3 rings (SSSR count). The van der Waals surface area contributed by atoms with E-state index < -0.39 is 0 Å². The highest BCUT2D eigenvalue weighted by Gasteiger charge is 2.24. The minimum absolute atomic E-state index is 0.633. The van der Waals surface area contributed by atoms with Crippen LogP contribution in [-0.4, -0.2) is 40.0 Å². The quantitative estimate of drug-likeness (QED) is 0.783. The lowest BCUT2D eigenvalue weighted by Gasteiger charge is -2.28. The fourth-order valence-corrected chi connectivity index (χ4v) is 2.53. The molecule has 0 saturated heterocycles. The highest BCUT2D eigenvalue weighted by atomic mass is 15.1. The number of nitrogens with one attached hydrogen (secondary N) is 1. The van der Waals surface area contributed by atoms with Gasteiger partial charge < -0.3 is 9.88 Å². The average Bonchev–Trinajstić information content (AvgIpc) is 2.66. The van der Waals surface area contributed by atoms with Crippen molar-refractivity contribution in [2.45, 2.75) is 25.3 Å². The minimum Gasteiger partial charge on any atom is -0.342 e. The molecule has 2 aromatic heterocycles. The first kappa shape index (κ1) is 9.78. The Labute approximate surface area is 94.7 Å². The fourth-order valence-electron chi connectivity index (χ4n) is 2.53. The molecule has 2 heterocycles. The third-order valence-corrected chi connectivity index (χ3v) is 3.52. The summed E-state index contributed by atoms with van der Waals surface area (Å²) in [7, 11) is 4.30. The number of hydrogen-bond acceptors (Lipinski definition) is 3. The van der Waals surface area contributed by atoms with Gasteiger partial charge in [-0.15, -0.1) is 0 Å². The summed E-state index contributed by atoms with van der Waals surface area (Å²) < 4.78 is 0. The SMILES string of the molecule is CN(C)[C@H]1CCc2[nH]c3nccnc3c2C1. The van der Waals surface area contributed by atoms with Crippen molar-refractivity contribution in [3.63, 3.8) is 0 Å². The van der Waals surface area contributed by atoms with Crippen LogP contribution in [0.2, 0.25) is 0 Å². The summed E-state index contributed by atoms with van der Waals surface area (Å²) in [5, 5.41) is 0. The Morgan fingerprint density at radius 3 is 2.94 bits per heavy atom. The summed E-state index contributed by atoms with van der Waals surface area (Å²) in [4.78, 5) is 14.4. The maximum atomic E-state index is 4.44. The number of likely N-dealkylation sites (N-methyl/N-ethyl adjacent to an activating group) is 1. The van der Waals surface area contributed by atoms with Gasteiger partial charge in [0.25, 0.3) is 0 Å². The van der Waals surface area contributed by atoms with Crippen LogP contribution in [0.5, 0.6) is 0 Å². The van der Waals surface area contributed by atoms with Crippen LogP contribution in [0.25, 0.3) is 11.2 Å². The van der Waals surface area contributed by atoms with E-state index in [1.165, 1.54) is 17.7 Å². The summed E-state index contributed by atoms with van der Waals surface area (Å²) >= 11 is 0. The molecular formula is C12H16N4. The third kappa shape index (κ3) is 1.41. The molecule has 0 aromatic carbocycles. The lowest BCUT2D eigenvalue weighted by atomic mass is 9.92. The van der Waals surface area contributed by atoms with Gasteiger partial charge in [-0.1, -0.05) is 0 Å².